The smallest absolute Gasteiger partial charge is 0.234 e. The zero-order valence-electron chi connectivity index (χ0n) is 10.3. The molecule has 1 aliphatic carbocycles. The molecule has 1 fully saturated rings. The molecular weight excluding hydrogens is 210 g/mol. The Morgan fingerprint density at radius 3 is 2.71 bits per heavy atom. The number of aromatic nitrogens is 1. The molecule has 0 N–H and O–H groups in total. The highest BCUT2D eigenvalue weighted by Crippen LogP contribution is 2.32. The maximum atomic E-state index is 12.1. The van der Waals surface area contributed by atoms with Crippen molar-refractivity contribution in [2.24, 2.45) is 5.92 Å². The summed E-state index contributed by atoms with van der Waals surface area (Å²) in [6.45, 7) is 4.38. The van der Waals surface area contributed by atoms with Crippen molar-refractivity contribution < 1.29 is 4.79 Å². The third-order valence-electron chi connectivity index (χ3n) is 3.54. The van der Waals surface area contributed by atoms with Gasteiger partial charge in [-0.25, -0.2) is 0 Å². The molecule has 1 aliphatic rings. The molecule has 1 heterocycles. The van der Waals surface area contributed by atoms with Gasteiger partial charge in [-0.15, -0.1) is 0 Å². The van der Waals surface area contributed by atoms with E-state index in [1.807, 2.05) is 16.8 Å². The molecule has 1 aromatic carbocycles. The van der Waals surface area contributed by atoms with Crippen LogP contribution in [0.15, 0.2) is 30.5 Å². The molecular formula is C15H17NO. The average molecular weight is 227 g/mol. The Kier molecular flexibility index (Phi) is 2.32. The summed E-state index contributed by atoms with van der Waals surface area (Å²) < 4.78 is 1.82. The van der Waals surface area contributed by atoms with Gasteiger partial charge in [0.25, 0.3) is 0 Å². The van der Waals surface area contributed by atoms with E-state index in [-0.39, 0.29) is 11.8 Å². The minimum Gasteiger partial charge on any atom is -0.287 e. The summed E-state index contributed by atoms with van der Waals surface area (Å²) in [5.41, 5.74) is 2.38. The van der Waals surface area contributed by atoms with E-state index in [4.69, 9.17) is 0 Å². The van der Waals surface area contributed by atoms with Gasteiger partial charge in [-0.2, -0.15) is 0 Å². The first-order valence-corrected chi connectivity index (χ1v) is 6.32. The van der Waals surface area contributed by atoms with Crippen LogP contribution in [0.1, 0.15) is 43.0 Å². The molecule has 2 heteroatoms. The maximum absolute atomic E-state index is 12.1. The molecule has 1 aromatic heterocycles. The van der Waals surface area contributed by atoms with E-state index in [1.54, 1.807) is 0 Å². The predicted octanol–water partition coefficient (Wildman–Crippen LogP) is 3.81. The lowest BCUT2D eigenvalue weighted by Crippen LogP contribution is -2.10. The van der Waals surface area contributed by atoms with Crippen molar-refractivity contribution in [3.8, 4) is 0 Å². The summed E-state index contributed by atoms with van der Waals surface area (Å²) >= 11 is 0. The van der Waals surface area contributed by atoms with Crippen molar-refractivity contribution in [2.45, 2.75) is 32.6 Å². The zero-order chi connectivity index (χ0) is 12.0. The van der Waals surface area contributed by atoms with Crippen molar-refractivity contribution in [1.29, 1.82) is 0 Å². The number of benzene rings is 1. The van der Waals surface area contributed by atoms with Crippen LogP contribution in [0.2, 0.25) is 0 Å². The van der Waals surface area contributed by atoms with E-state index in [1.165, 1.54) is 10.9 Å². The monoisotopic (exact) mass is 227 g/mol. The van der Waals surface area contributed by atoms with Crippen molar-refractivity contribution >= 4 is 16.8 Å². The molecule has 0 amide bonds. The van der Waals surface area contributed by atoms with Crippen LogP contribution in [0.5, 0.6) is 0 Å². The second-order valence-corrected chi connectivity index (χ2v) is 5.27. The fourth-order valence-electron chi connectivity index (χ4n) is 2.24. The molecule has 0 aliphatic heterocycles. The van der Waals surface area contributed by atoms with Gasteiger partial charge in [0.2, 0.25) is 5.91 Å². The lowest BCUT2D eigenvalue weighted by atomic mass is 10.0. The van der Waals surface area contributed by atoms with Crippen LogP contribution in [0, 0.1) is 5.92 Å². The summed E-state index contributed by atoms with van der Waals surface area (Å²) in [6, 6.07) is 8.44. The van der Waals surface area contributed by atoms with Crippen LogP contribution in [-0.2, 0) is 0 Å². The fraction of sp³-hybridized carbons (Fsp3) is 0.400. The van der Waals surface area contributed by atoms with E-state index in [0.29, 0.717) is 5.92 Å². The normalized spacial score (nSPS) is 15.7. The van der Waals surface area contributed by atoms with Crippen LogP contribution in [0.4, 0.5) is 0 Å². The summed E-state index contributed by atoms with van der Waals surface area (Å²) in [5, 5.41) is 1.17. The lowest BCUT2D eigenvalue weighted by Gasteiger charge is -2.06. The van der Waals surface area contributed by atoms with Gasteiger partial charge in [-0.3, -0.25) is 9.36 Å². The largest absolute Gasteiger partial charge is 0.287 e. The number of nitrogens with zero attached hydrogens (tertiary/aromatic N) is 1. The van der Waals surface area contributed by atoms with Gasteiger partial charge in [0.1, 0.15) is 0 Å². The van der Waals surface area contributed by atoms with E-state index in [9.17, 15) is 4.79 Å². The van der Waals surface area contributed by atoms with Crippen molar-refractivity contribution in [2.75, 3.05) is 0 Å². The van der Waals surface area contributed by atoms with E-state index in [0.717, 1.165) is 18.4 Å². The quantitative estimate of drug-likeness (QED) is 0.764. The molecule has 0 spiro atoms. The first-order chi connectivity index (χ1) is 8.16. The number of fused-ring (bicyclic) bond motifs is 1. The summed E-state index contributed by atoms with van der Waals surface area (Å²) in [6.07, 6.45) is 4.03. The van der Waals surface area contributed by atoms with Gasteiger partial charge in [-0.1, -0.05) is 19.9 Å². The van der Waals surface area contributed by atoms with Gasteiger partial charge in [-0.05, 0) is 42.5 Å². The molecule has 0 radical (unpaired) electrons. The Bertz CT molecular complexity index is 576. The Hall–Kier alpha value is -1.57. The first-order valence-electron chi connectivity index (χ1n) is 6.32. The van der Waals surface area contributed by atoms with E-state index >= 15 is 0 Å². The maximum Gasteiger partial charge on any atom is 0.234 e. The van der Waals surface area contributed by atoms with Crippen molar-refractivity contribution in [3.63, 3.8) is 0 Å². The highest BCUT2D eigenvalue weighted by atomic mass is 16.2. The highest BCUT2D eigenvalue weighted by Gasteiger charge is 2.31. The molecule has 1 saturated carbocycles. The standard InChI is InChI=1S/C15H17NO/c1-10(2)12-5-6-14-13(9-12)7-8-16(14)15(17)11-3-4-11/h5-11H,3-4H2,1-2H3. The molecule has 3 rings (SSSR count). The number of hydrogen-bond donors (Lipinski definition) is 0. The number of carbonyl (C=O) groups is 1. The van der Waals surface area contributed by atoms with E-state index < -0.39 is 0 Å². The van der Waals surface area contributed by atoms with Crippen LogP contribution in [-0.4, -0.2) is 10.5 Å². The minimum absolute atomic E-state index is 0.261. The molecule has 2 aromatic rings. The molecule has 0 bridgehead atoms. The van der Waals surface area contributed by atoms with Gasteiger partial charge >= 0.3 is 0 Å². The molecule has 88 valence electrons. The van der Waals surface area contributed by atoms with Crippen LogP contribution < -0.4 is 0 Å². The first kappa shape index (κ1) is 10.6. The molecule has 0 saturated heterocycles. The van der Waals surface area contributed by atoms with Gasteiger partial charge in [0.15, 0.2) is 0 Å². The van der Waals surface area contributed by atoms with Crippen LogP contribution in [0.3, 0.4) is 0 Å². The Morgan fingerprint density at radius 1 is 1.29 bits per heavy atom. The Labute approximate surface area is 101 Å². The fourth-order valence-corrected chi connectivity index (χ4v) is 2.24. The topological polar surface area (TPSA) is 22.0 Å². The van der Waals surface area contributed by atoms with Gasteiger partial charge < -0.3 is 0 Å². The SMILES string of the molecule is CC(C)c1ccc2c(ccn2C(=O)C2CC2)c1. The third-order valence-corrected chi connectivity index (χ3v) is 3.54. The minimum atomic E-state index is 0.261. The van der Waals surface area contributed by atoms with Crippen LogP contribution in [0.25, 0.3) is 10.9 Å². The van der Waals surface area contributed by atoms with Gasteiger partial charge in [0.05, 0.1) is 5.52 Å². The third kappa shape index (κ3) is 1.78. The second kappa shape index (κ2) is 3.73. The van der Waals surface area contributed by atoms with Crippen molar-refractivity contribution in [3.05, 3.63) is 36.0 Å². The predicted molar refractivity (Wildman–Crippen MR) is 69.4 cm³/mol. The summed E-state index contributed by atoms with van der Waals surface area (Å²) in [4.78, 5) is 12.1. The van der Waals surface area contributed by atoms with Gasteiger partial charge in [0, 0.05) is 17.5 Å². The van der Waals surface area contributed by atoms with Crippen LogP contribution >= 0.6 is 0 Å². The average Bonchev–Trinajstić information content (AvgIpc) is 3.07. The number of hydrogen-bond acceptors (Lipinski definition) is 1. The Balaban J connectivity index is 2.07. The number of carbonyl (C=O) groups excluding carboxylic acids is 1. The number of rotatable bonds is 2. The summed E-state index contributed by atoms with van der Waals surface area (Å²) in [5.74, 6) is 1.06. The molecule has 2 nitrogen and oxygen atoms in total. The summed E-state index contributed by atoms with van der Waals surface area (Å²) in [7, 11) is 0. The Morgan fingerprint density at radius 2 is 2.06 bits per heavy atom. The van der Waals surface area contributed by atoms with E-state index in [2.05, 4.69) is 32.0 Å². The second-order valence-electron chi connectivity index (χ2n) is 5.27. The molecule has 17 heavy (non-hydrogen) atoms. The van der Waals surface area contributed by atoms with Crippen molar-refractivity contribution in [1.82, 2.24) is 4.57 Å². The highest BCUT2D eigenvalue weighted by molar-refractivity contribution is 5.94. The zero-order valence-corrected chi connectivity index (χ0v) is 10.3. The lowest BCUT2D eigenvalue weighted by molar-refractivity contribution is 0.0891. The molecule has 0 unspecified atom stereocenters. The molecule has 0 atom stereocenters.